The van der Waals surface area contributed by atoms with E-state index in [0.717, 1.165) is 17.7 Å². The van der Waals surface area contributed by atoms with Gasteiger partial charge in [0.2, 0.25) is 0 Å². The van der Waals surface area contributed by atoms with Crippen LogP contribution in [-0.2, 0) is 4.74 Å². The van der Waals surface area contributed by atoms with Crippen LogP contribution >= 0.6 is 11.8 Å². The number of rotatable bonds is 6. The predicted octanol–water partition coefficient (Wildman–Crippen LogP) is 3.11. The summed E-state index contributed by atoms with van der Waals surface area (Å²) in [6.45, 7) is 1.26. The fourth-order valence-electron chi connectivity index (χ4n) is 3.18. The number of hydrogen-bond acceptors (Lipinski definition) is 5. The molecular weight excluding hydrogens is 372 g/mol. The standard InChI is InChI=1S/C21H22N4O2S/c1-27-13-7-12-22-14-16-19(15-8-3-2-4-9-15)24-25(20(16)26)21-23-17-10-5-6-11-18(17)28-21/h2-6,8-11,14,17-18,24H,7,12-13H2,1H3/t17-,18+/m1/s1. The number of aromatic nitrogens is 2. The third kappa shape index (κ3) is 3.81. The van der Waals surface area contributed by atoms with Gasteiger partial charge in [0.15, 0.2) is 5.17 Å². The Labute approximate surface area is 167 Å². The first-order valence-electron chi connectivity index (χ1n) is 9.27. The molecule has 2 atom stereocenters. The Bertz CT molecular complexity index is 1000. The molecule has 1 aromatic heterocycles. The van der Waals surface area contributed by atoms with E-state index < -0.39 is 0 Å². The third-order valence-electron chi connectivity index (χ3n) is 4.59. The molecule has 0 spiro atoms. The van der Waals surface area contributed by atoms with Crippen LogP contribution in [0.5, 0.6) is 0 Å². The average Bonchev–Trinajstić information content (AvgIpc) is 3.30. The number of allylic oxidation sites excluding steroid dienone is 2. The quantitative estimate of drug-likeness (QED) is 0.604. The van der Waals surface area contributed by atoms with Gasteiger partial charge in [0, 0.05) is 32.0 Å². The molecule has 2 aromatic rings. The minimum absolute atomic E-state index is 0.0755. The molecule has 2 heterocycles. The topological polar surface area (TPSA) is 71.7 Å². The molecule has 0 unspecified atom stereocenters. The second-order valence-corrected chi connectivity index (χ2v) is 7.69. The van der Waals surface area contributed by atoms with Crippen LogP contribution in [0.15, 0.2) is 69.4 Å². The highest BCUT2D eigenvalue weighted by atomic mass is 32.2. The lowest BCUT2D eigenvalue weighted by atomic mass is 10.1. The summed E-state index contributed by atoms with van der Waals surface area (Å²) in [6.07, 6.45) is 10.7. The summed E-state index contributed by atoms with van der Waals surface area (Å²) in [5.74, 6) is 0. The molecule has 0 amide bonds. The van der Waals surface area contributed by atoms with Crippen LogP contribution in [-0.4, -0.2) is 52.7 Å². The van der Waals surface area contributed by atoms with E-state index in [4.69, 9.17) is 9.73 Å². The van der Waals surface area contributed by atoms with Crippen LogP contribution < -0.4 is 5.56 Å². The summed E-state index contributed by atoms with van der Waals surface area (Å²) in [5, 5.41) is 4.18. The molecule has 0 bridgehead atoms. The minimum atomic E-state index is -0.132. The van der Waals surface area contributed by atoms with Crippen molar-refractivity contribution in [2.24, 2.45) is 9.98 Å². The summed E-state index contributed by atoms with van der Waals surface area (Å²) in [6, 6.07) is 9.90. The van der Waals surface area contributed by atoms with E-state index in [0.29, 0.717) is 23.9 Å². The summed E-state index contributed by atoms with van der Waals surface area (Å²) in [7, 11) is 1.67. The lowest BCUT2D eigenvalue weighted by molar-refractivity contribution is 0.197. The van der Waals surface area contributed by atoms with E-state index >= 15 is 0 Å². The molecule has 0 fully saturated rings. The predicted molar refractivity (Wildman–Crippen MR) is 116 cm³/mol. The number of fused-ring (bicyclic) bond motifs is 1. The second-order valence-electron chi connectivity index (χ2n) is 6.54. The molecular formula is C21H22N4O2S. The van der Waals surface area contributed by atoms with E-state index in [9.17, 15) is 4.79 Å². The Morgan fingerprint density at radius 1 is 1.29 bits per heavy atom. The van der Waals surface area contributed by atoms with E-state index in [1.807, 2.05) is 42.5 Å². The van der Waals surface area contributed by atoms with E-state index in [1.54, 1.807) is 29.8 Å². The summed E-state index contributed by atoms with van der Waals surface area (Å²) in [4.78, 5) is 22.3. The van der Waals surface area contributed by atoms with E-state index in [-0.39, 0.29) is 16.9 Å². The molecule has 7 heteroatoms. The van der Waals surface area contributed by atoms with Crippen LogP contribution in [0.1, 0.15) is 12.0 Å². The van der Waals surface area contributed by atoms with Gasteiger partial charge in [0.25, 0.3) is 5.56 Å². The number of nitrogens with one attached hydrogen (secondary N) is 1. The van der Waals surface area contributed by atoms with Crippen LogP contribution in [0.25, 0.3) is 11.3 Å². The first kappa shape index (κ1) is 18.7. The van der Waals surface area contributed by atoms with Crippen molar-refractivity contribution < 1.29 is 4.74 Å². The molecule has 1 aliphatic heterocycles. The molecule has 0 radical (unpaired) electrons. The number of H-pyrrole nitrogens is 1. The molecule has 1 aromatic carbocycles. The van der Waals surface area contributed by atoms with E-state index in [1.165, 1.54) is 0 Å². The number of thioether (sulfide) groups is 1. The van der Waals surface area contributed by atoms with Gasteiger partial charge in [-0.3, -0.25) is 19.9 Å². The number of aromatic amines is 1. The number of methoxy groups -OCH3 is 1. The monoisotopic (exact) mass is 394 g/mol. The van der Waals surface area contributed by atoms with Crippen molar-refractivity contribution in [3.8, 4) is 11.3 Å². The summed E-state index contributed by atoms with van der Waals surface area (Å²) < 4.78 is 6.60. The Hall–Kier alpha value is -2.64. The van der Waals surface area contributed by atoms with Gasteiger partial charge in [0.05, 0.1) is 22.5 Å². The zero-order valence-corrected chi connectivity index (χ0v) is 16.4. The highest BCUT2D eigenvalue weighted by Crippen LogP contribution is 2.31. The first-order valence-corrected chi connectivity index (χ1v) is 10.1. The van der Waals surface area contributed by atoms with Gasteiger partial charge in [-0.25, -0.2) is 0 Å². The number of benzene rings is 1. The van der Waals surface area contributed by atoms with Gasteiger partial charge in [-0.1, -0.05) is 66.4 Å². The third-order valence-corrected chi connectivity index (χ3v) is 5.80. The highest BCUT2D eigenvalue weighted by molar-refractivity contribution is 8.14. The number of aliphatic imine (C=N–C) groups is 2. The molecule has 28 heavy (non-hydrogen) atoms. The number of nitrogens with zero attached hydrogens (tertiary/aromatic N) is 3. The minimum Gasteiger partial charge on any atom is -0.385 e. The Morgan fingerprint density at radius 2 is 2.11 bits per heavy atom. The van der Waals surface area contributed by atoms with Crippen molar-refractivity contribution in [1.29, 1.82) is 0 Å². The zero-order chi connectivity index (χ0) is 19.3. The number of hydrogen-bond donors (Lipinski definition) is 1. The Balaban J connectivity index is 1.69. The van der Waals surface area contributed by atoms with Crippen molar-refractivity contribution in [3.05, 3.63) is 70.6 Å². The molecule has 4 rings (SSSR count). The van der Waals surface area contributed by atoms with Gasteiger partial charge in [-0.15, -0.1) is 0 Å². The van der Waals surface area contributed by atoms with Gasteiger partial charge in [-0.05, 0) is 6.42 Å². The molecule has 1 aliphatic carbocycles. The second kappa shape index (κ2) is 8.58. The van der Waals surface area contributed by atoms with Crippen molar-refractivity contribution in [1.82, 2.24) is 9.78 Å². The van der Waals surface area contributed by atoms with Crippen LogP contribution in [0.2, 0.25) is 0 Å². The van der Waals surface area contributed by atoms with Gasteiger partial charge >= 0.3 is 0 Å². The van der Waals surface area contributed by atoms with Crippen LogP contribution in [0.4, 0.5) is 0 Å². The maximum Gasteiger partial charge on any atom is 0.282 e. The maximum atomic E-state index is 13.2. The van der Waals surface area contributed by atoms with Crippen LogP contribution in [0.3, 0.4) is 0 Å². The molecule has 1 N–H and O–H groups in total. The zero-order valence-electron chi connectivity index (χ0n) is 15.6. The SMILES string of the molecule is COCCCN=Cc1c(-c2ccccc2)[nH]n(C2=N[C@@H]3C=CC=C[C@@H]3S2)c1=O. The summed E-state index contributed by atoms with van der Waals surface area (Å²) >= 11 is 1.60. The average molecular weight is 395 g/mol. The van der Waals surface area contributed by atoms with Crippen molar-refractivity contribution in [2.45, 2.75) is 17.7 Å². The number of ether oxygens (including phenoxy) is 1. The lowest BCUT2D eigenvalue weighted by Gasteiger charge is -2.10. The van der Waals surface area contributed by atoms with Gasteiger partial charge in [-0.2, -0.15) is 4.68 Å². The van der Waals surface area contributed by atoms with Crippen molar-refractivity contribution in [2.75, 3.05) is 20.3 Å². The largest absolute Gasteiger partial charge is 0.385 e. The molecule has 144 valence electrons. The van der Waals surface area contributed by atoms with Gasteiger partial charge < -0.3 is 4.74 Å². The Morgan fingerprint density at radius 3 is 2.89 bits per heavy atom. The maximum absolute atomic E-state index is 13.2. The molecule has 2 aliphatic rings. The lowest BCUT2D eigenvalue weighted by Crippen LogP contribution is -2.24. The van der Waals surface area contributed by atoms with Crippen LogP contribution in [0, 0.1) is 0 Å². The highest BCUT2D eigenvalue weighted by Gasteiger charge is 2.30. The Kier molecular flexibility index (Phi) is 5.73. The van der Waals surface area contributed by atoms with E-state index in [2.05, 4.69) is 22.2 Å². The van der Waals surface area contributed by atoms with Crippen molar-refractivity contribution in [3.63, 3.8) is 0 Å². The smallest absolute Gasteiger partial charge is 0.282 e. The fourth-order valence-corrected chi connectivity index (χ4v) is 4.30. The molecule has 6 nitrogen and oxygen atoms in total. The summed E-state index contributed by atoms with van der Waals surface area (Å²) in [5.41, 5.74) is 2.11. The molecule has 0 saturated heterocycles. The normalized spacial score (nSPS) is 20.7. The molecule has 0 saturated carbocycles. The first-order chi connectivity index (χ1) is 13.8. The fraction of sp³-hybridized carbons (Fsp3) is 0.286. The van der Waals surface area contributed by atoms with Gasteiger partial charge in [0.1, 0.15) is 0 Å². The van der Waals surface area contributed by atoms with Crippen molar-refractivity contribution >= 4 is 23.1 Å².